The number of rotatable bonds is 2. The zero-order valence-electron chi connectivity index (χ0n) is 8.93. The Morgan fingerprint density at radius 2 is 1.00 bits per heavy atom. The highest BCUT2D eigenvalue weighted by Gasteiger charge is 2.37. The molecule has 16 heavy (non-hydrogen) atoms. The molecule has 0 saturated heterocycles. The summed E-state index contributed by atoms with van der Waals surface area (Å²) in [5.74, 6) is -1.61. The van der Waals surface area contributed by atoms with Gasteiger partial charge in [-0.05, 0) is 24.7 Å². The fourth-order valence-electron chi connectivity index (χ4n) is 2.46. The lowest BCUT2D eigenvalue weighted by Crippen LogP contribution is -2.30. The van der Waals surface area contributed by atoms with Crippen molar-refractivity contribution in [2.75, 3.05) is 0 Å². The molecule has 0 unspecified atom stereocenters. The van der Waals surface area contributed by atoms with Crippen LogP contribution in [0.5, 0.6) is 0 Å². The molecule has 1 aliphatic carbocycles. The van der Waals surface area contributed by atoms with Crippen LogP contribution in [0.1, 0.15) is 25.7 Å². The molecule has 1 rings (SSSR count). The minimum atomic E-state index is -0.686. The molecule has 1 aliphatic rings. The Morgan fingerprint density at radius 1 is 0.688 bits per heavy atom. The molecule has 4 heteroatoms. The maximum atomic E-state index is 8.88. The van der Waals surface area contributed by atoms with Crippen LogP contribution < -0.4 is 0 Å². The van der Waals surface area contributed by atoms with Crippen LogP contribution in [0, 0.1) is 69.0 Å². The zero-order chi connectivity index (χ0) is 12.0. The lowest BCUT2D eigenvalue weighted by atomic mass is 9.68. The Hall–Kier alpha value is -2.04. The van der Waals surface area contributed by atoms with Gasteiger partial charge in [-0.1, -0.05) is 12.8 Å². The quantitative estimate of drug-likeness (QED) is 0.700. The molecule has 0 heterocycles. The molecule has 0 bridgehead atoms. The van der Waals surface area contributed by atoms with E-state index in [0.29, 0.717) is 0 Å². The van der Waals surface area contributed by atoms with Crippen molar-refractivity contribution in [3.8, 4) is 24.3 Å². The molecular weight excluding hydrogens is 200 g/mol. The third-order valence-electron chi connectivity index (χ3n) is 3.29. The number of nitrogens with zero attached hydrogens (tertiary/aromatic N) is 4. The predicted molar refractivity (Wildman–Crippen MR) is 54.9 cm³/mol. The van der Waals surface area contributed by atoms with Gasteiger partial charge < -0.3 is 0 Å². The van der Waals surface area contributed by atoms with Crippen molar-refractivity contribution < 1.29 is 0 Å². The molecule has 0 N–H and O–H groups in total. The maximum Gasteiger partial charge on any atom is 0.136 e. The first-order chi connectivity index (χ1) is 7.78. The maximum absolute atomic E-state index is 8.88. The van der Waals surface area contributed by atoms with Gasteiger partial charge in [0, 0.05) is 0 Å². The zero-order valence-corrected chi connectivity index (χ0v) is 8.93. The van der Waals surface area contributed by atoms with Crippen LogP contribution in [0.3, 0.4) is 0 Å². The molecule has 2 atom stereocenters. The molecule has 0 aromatic heterocycles. The Bertz CT molecular complexity index is 333. The molecule has 0 amide bonds. The first-order valence-electron chi connectivity index (χ1n) is 5.37. The molecule has 1 fully saturated rings. The number of hydrogen-bond donors (Lipinski definition) is 0. The molecule has 0 aromatic rings. The SMILES string of the molecule is N#CC(C#N)[C@@H]1CCCC[C@H]1C(C#N)C#N. The number of hydrogen-bond acceptors (Lipinski definition) is 4. The van der Waals surface area contributed by atoms with Crippen LogP contribution in [0.4, 0.5) is 0 Å². The summed E-state index contributed by atoms with van der Waals surface area (Å²) in [5, 5.41) is 35.5. The smallest absolute Gasteiger partial charge is 0.136 e. The third-order valence-corrected chi connectivity index (χ3v) is 3.29. The van der Waals surface area contributed by atoms with E-state index in [2.05, 4.69) is 0 Å². The molecule has 0 radical (unpaired) electrons. The van der Waals surface area contributed by atoms with Gasteiger partial charge in [-0.15, -0.1) is 0 Å². The van der Waals surface area contributed by atoms with Crippen LogP contribution in [-0.4, -0.2) is 0 Å². The Labute approximate surface area is 95.3 Å². The van der Waals surface area contributed by atoms with Gasteiger partial charge in [0.15, 0.2) is 0 Å². The summed E-state index contributed by atoms with van der Waals surface area (Å²) >= 11 is 0. The van der Waals surface area contributed by atoms with Gasteiger partial charge in [0.1, 0.15) is 11.8 Å². The van der Waals surface area contributed by atoms with Gasteiger partial charge >= 0.3 is 0 Å². The van der Waals surface area contributed by atoms with Crippen molar-refractivity contribution in [2.45, 2.75) is 25.7 Å². The highest BCUT2D eigenvalue weighted by Crippen LogP contribution is 2.39. The standard InChI is InChI=1S/C12H12N4/c13-5-9(6-14)11-3-1-2-4-12(11)10(7-15)8-16/h9-12H,1-4H2/t11-,12-/m0/s1. The van der Waals surface area contributed by atoms with E-state index >= 15 is 0 Å². The summed E-state index contributed by atoms with van der Waals surface area (Å²) < 4.78 is 0. The molecule has 4 nitrogen and oxygen atoms in total. The van der Waals surface area contributed by atoms with E-state index in [9.17, 15) is 0 Å². The summed E-state index contributed by atoms with van der Waals surface area (Å²) in [7, 11) is 0. The first-order valence-corrected chi connectivity index (χ1v) is 5.37. The Balaban J connectivity index is 2.89. The van der Waals surface area contributed by atoms with Gasteiger partial charge in [-0.3, -0.25) is 0 Å². The average molecular weight is 212 g/mol. The largest absolute Gasteiger partial charge is 0.197 e. The highest BCUT2D eigenvalue weighted by molar-refractivity contribution is 5.11. The molecule has 0 aromatic carbocycles. The normalized spacial score (nSPS) is 24.1. The fourth-order valence-corrected chi connectivity index (χ4v) is 2.46. The van der Waals surface area contributed by atoms with Crippen molar-refractivity contribution in [1.82, 2.24) is 0 Å². The molecule has 0 aliphatic heterocycles. The molecule has 0 spiro atoms. The predicted octanol–water partition coefficient (Wildman–Crippen LogP) is 2.12. The van der Waals surface area contributed by atoms with Crippen molar-refractivity contribution >= 4 is 0 Å². The summed E-state index contributed by atoms with van der Waals surface area (Å²) in [4.78, 5) is 0. The Kier molecular flexibility index (Phi) is 4.32. The van der Waals surface area contributed by atoms with Crippen LogP contribution in [-0.2, 0) is 0 Å². The van der Waals surface area contributed by atoms with E-state index < -0.39 is 11.8 Å². The molecule has 1 saturated carbocycles. The molecular formula is C12H12N4. The van der Waals surface area contributed by atoms with E-state index in [-0.39, 0.29) is 11.8 Å². The van der Waals surface area contributed by atoms with Crippen LogP contribution in [0.15, 0.2) is 0 Å². The van der Waals surface area contributed by atoms with Crippen molar-refractivity contribution in [3.05, 3.63) is 0 Å². The van der Waals surface area contributed by atoms with Crippen molar-refractivity contribution in [2.24, 2.45) is 23.7 Å². The Morgan fingerprint density at radius 3 is 1.25 bits per heavy atom. The second-order valence-corrected chi connectivity index (χ2v) is 4.08. The van der Waals surface area contributed by atoms with Gasteiger partial charge in [-0.25, -0.2) is 0 Å². The van der Waals surface area contributed by atoms with Crippen molar-refractivity contribution in [3.63, 3.8) is 0 Å². The second-order valence-electron chi connectivity index (χ2n) is 4.08. The summed E-state index contributed by atoms with van der Waals surface area (Å²) in [6.45, 7) is 0. The summed E-state index contributed by atoms with van der Waals surface area (Å²) in [5.41, 5.74) is 0. The lowest BCUT2D eigenvalue weighted by Gasteiger charge is -2.32. The summed E-state index contributed by atoms with van der Waals surface area (Å²) in [6, 6.07) is 7.90. The van der Waals surface area contributed by atoms with Crippen LogP contribution >= 0.6 is 0 Å². The van der Waals surface area contributed by atoms with Crippen LogP contribution in [0.2, 0.25) is 0 Å². The minimum Gasteiger partial charge on any atom is -0.197 e. The molecule has 80 valence electrons. The monoisotopic (exact) mass is 212 g/mol. The van der Waals surface area contributed by atoms with Crippen molar-refractivity contribution in [1.29, 1.82) is 21.0 Å². The van der Waals surface area contributed by atoms with E-state index in [4.69, 9.17) is 21.0 Å². The fraction of sp³-hybridized carbons (Fsp3) is 0.667. The van der Waals surface area contributed by atoms with Gasteiger partial charge in [0.25, 0.3) is 0 Å². The average Bonchev–Trinajstić information content (AvgIpc) is 2.34. The topological polar surface area (TPSA) is 95.2 Å². The second kappa shape index (κ2) is 5.75. The van der Waals surface area contributed by atoms with Gasteiger partial charge in [0.05, 0.1) is 24.3 Å². The minimum absolute atomic E-state index is 0.118. The highest BCUT2D eigenvalue weighted by atomic mass is 14.4. The van der Waals surface area contributed by atoms with E-state index in [1.54, 1.807) is 0 Å². The van der Waals surface area contributed by atoms with Crippen LogP contribution in [0.25, 0.3) is 0 Å². The van der Waals surface area contributed by atoms with E-state index in [1.807, 2.05) is 24.3 Å². The number of nitriles is 4. The third kappa shape index (κ3) is 2.31. The summed E-state index contributed by atoms with van der Waals surface area (Å²) in [6.07, 6.45) is 3.50. The lowest BCUT2D eigenvalue weighted by molar-refractivity contribution is 0.191. The van der Waals surface area contributed by atoms with Gasteiger partial charge in [-0.2, -0.15) is 21.0 Å². The van der Waals surface area contributed by atoms with E-state index in [0.717, 1.165) is 25.7 Å². The van der Waals surface area contributed by atoms with Gasteiger partial charge in [0.2, 0.25) is 0 Å². The first kappa shape index (κ1) is 12.0. The van der Waals surface area contributed by atoms with E-state index in [1.165, 1.54) is 0 Å².